The summed E-state index contributed by atoms with van der Waals surface area (Å²) in [6, 6.07) is 5.26. The number of ether oxygens (including phenoxy) is 1. The van der Waals surface area contributed by atoms with Crippen LogP contribution in [0.4, 0.5) is 0 Å². The topological polar surface area (TPSA) is 46.2 Å². The fraction of sp³-hybridized carbons (Fsp3) is 0.688. The number of pyridine rings is 1. The van der Waals surface area contributed by atoms with Crippen LogP contribution in [0, 0.1) is 5.92 Å². The zero-order valence-corrected chi connectivity index (χ0v) is 12.9. The highest BCUT2D eigenvalue weighted by atomic mass is 16.5. The van der Waals surface area contributed by atoms with E-state index in [4.69, 9.17) is 4.74 Å². The van der Waals surface area contributed by atoms with E-state index in [1.165, 1.54) is 5.56 Å². The average Bonchev–Trinajstić information content (AvgIpc) is 2.35. The van der Waals surface area contributed by atoms with Gasteiger partial charge in [-0.1, -0.05) is 13.8 Å². The zero-order chi connectivity index (χ0) is 14.4. The standard InChI is InChI=1S/C16H27N3O/c1-12(2)18-8-14-4-5-17-16(7-14)6-13(3)19-9-15-10-20-11-15/h4-5,7,12-13,15,18-19H,6,8-11H2,1-3H3. The Bertz CT molecular complexity index is 404. The van der Waals surface area contributed by atoms with Gasteiger partial charge in [0.25, 0.3) is 0 Å². The van der Waals surface area contributed by atoms with Gasteiger partial charge < -0.3 is 15.4 Å². The lowest BCUT2D eigenvalue weighted by molar-refractivity contribution is -0.0314. The van der Waals surface area contributed by atoms with E-state index in [1.807, 2.05) is 6.20 Å². The molecule has 20 heavy (non-hydrogen) atoms. The summed E-state index contributed by atoms with van der Waals surface area (Å²) in [4.78, 5) is 4.48. The highest BCUT2D eigenvalue weighted by Crippen LogP contribution is 2.09. The number of nitrogens with zero attached hydrogens (tertiary/aromatic N) is 1. The lowest BCUT2D eigenvalue weighted by atomic mass is 10.1. The van der Waals surface area contributed by atoms with Gasteiger partial charge in [0.05, 0.1) is 13.2 Å². The van der Waals surface area contributed by atoms with E-state index in [2.05, 4.69) is 48.5 Å². The minimum Gasteiger partial charge on any atom is -0.381 e. The van der Waals surface area contributed by atoms with Gasteiger partial charge in [-0.05, 0) is 24.6 Å². The Hall–Kier alpha value is -0.970. The quantitative estimate of drug-likeness (QED) is 0.760. The Morgan fingerprint density at radius 2 is 2.10 bits per heavy atom. The molecule has 0 saturated carbocycles. The summed E-state index contributed by atoms with van der Waals surface area (Å²) in [6.07, 6.45) is 2.89. The van der Waals surface area contributed by atoms with E-state index in [1.54, 1.807) is 0 Å². The van der Waals surface area contributed by atoms with Crippen LogP contribution in [0.1, 0.15) is 32.0 Å². The zero-order valence-electron chi connectivity index (χ0n) is 12.9. The Kier molecular flexibility index (Phi) is 5.95. The van der Waals surface area contributed by atoms with Crippen molar-refractivity contribution in [1.82, 2.24) is 15.6 Å². The molecule has 1 aromatic heterocycles. The van der Waals surface area contributed by atoms with Crippen LogP contribution in [0.15, 0.2) is 18.3 Å². The third-order valence-corrected chi connectivity index (χ3v) is 3.57. The molecule has 0 bridgehead atoms. The number of hydrogen-bond donors (Lipinski definition) is 2. The van der Waals surface area contributed by atoms with Gasteiger partial charge in [-0.25, -0.2) is 0 Å². The van der Waals surface area contributed by atoms with E-state index in [0.29, 0.717) is 18.0 Å². The maximum absolute atomic E-state index is 5.19. The van der Waals surface area contributed by atoms with Crippen LogP contribution < -0.4 is 10.6 Å². The predicted octanol–water partition coefficient (Wildman–Crippen LogP) is 1.75. The molecule has 1 aliphatic rings. The van der Waals surface area contributed by atoms with E-state index in [0.717, 1.165) is 38.4 Å². The molecule has 1 unspecified atom stereocenters. The molecule has 0 amide bonds. The second-order valence-corrected chi connectivity index (χ2v) is 6.11. The fourth-order valence-corrected chi connectivity index (χ4v) is 2.23. The van der Waals surface area contributed by atoms with Gasteiger partial charge in [-0.3, -0.25) is 4.98 Å². The van der Waals surface area contributed by atoms with E-state index >= 15 is 0 Å². The molecule has 112 valence electrons. The first kappa shape index (κ1) is 15.4. The first-order valence-electron chi connectivity index (χ1n) is 7.62. The van der Waals surface area contributed by atoms with Gasteiger partial charge in [0.2, 0.25) is 0 Å². The summed E-state index contributed by atoms with van der Waals surface area (Å²) in [7, 11) is 0. The summed E-state index contributed by atoms with van der Waals surface area (Å²) < 4.78 is 5.19. The summed E-state index contributed by atoms with van der Waals surface area (Å²) >= 11 is 0. The minimum absolute atomic E-state index is 0.455. The highest BCUT2D eigenvalue weighted by molar-refractivity contribution is 5.17. The van der Waals surface area contributed by atoms with Crippen LogP contribution in [-0.4, -0.2) is 36.8 Å². The number of aromatic nitrogens is 1. The Balaban J connectivity index is 1.77. The summed E-state index contributed by atoms with van der Waals surface area (Å²) in [6.45, 7) is 10.3. The Labute approximate surface area is 122 Å². The molecule has 4 heteroatoms. The van der Waals surface area contributed by atoms with Crippen molar-refractivity contribution in [3.05, 3.63) is 29.6 Å². The number of rotatable bonds is 8. The normalized spacial score (nSPS) is 17.2. The van der Waals surface area contributed by atoms with Crippen LogP contribution in [0.25, 0.3) is 0 Å². The van der Waals surface area contributed by atoms with Gasteiger partial charge in [0.1, 0.15) is 0 Å². The predicted molar refractivity (Wildman–Crippen MR) is 81.7 cm³/mol. The van der Waals surface area contributed by atoms with Crippen molar-refractivity contribution < 1.29 is 4.74 Å². The van der Waals surface area contributed by atoms with Crippen molar-refractivity contribution in [3.63, 3.8) is 0 Å². The lowest BCUT2D eigenvalue weighted by Crippen LogP contribution is -2.40. The molecule has 2 rings (SSSR count). The maximum atomic E-state index is 5.19. The second kappa shape index (κ2) is 7.72. The second-order valence-electron chi connectivity index (χ2n) is 6.11. The van der Waals surface area contributed by atoms with Crippen molar-refractivity contribution >= 4 is 0 Å². The maximum Gasteiger partial charge on any atom is 0.0528 e. The molecule has 1 aliphatic heterocycles. The van der Waals surface area contributed by atoms with Gasteiger partial charge in [0, 0.05) is 49.4 Å². The molecular formula is C16H27N3O. The van der Waals surface area contributed by atoms with Crippen molar-refractivity contribution in [2.24, 2.45) is 5.92 Å². The smallest absolute Gasteiger partial charge is 0.0528 e. The van der Waals surface area contributed by atoms with Crippen molar-refractivity contribution in [3.8, 4) is 0 Å². The third-order valence-electron chi connectivity index (χ3n) is 3.57. The van der Waals surface area contributed by atoms with Gasteiger partial charge in [-0.2, -0.15) is 0 Å². The van der Waals surface area contributed by atoms with Gasteiger partial charge in [-0.15, -0.1) is 0 Å². The molecule has 0 aliphatic carbocycles. The number of hydrogen-bond acceptors (Lipinski definition) is 4. The first-order valence-corrected chi connectivity index (χ1v) is 7.62. The van der Waals surface area contributed by atoms with E-state index in [9.17, 15) is 0 Å². The fourth-order valence-electron chi connectivity index (χ4n) is 2.23. The van der Waals surface area contributed by atoms with Gasteiger partial charge in [0.15, 0.2) is 0 Å². The number of nitrogens with one attached hydrogen (secondary N) is 2. The van der Waals surface area contributed by atoms with E-state index < -0.39 is 0 Å². The monoisotopic (exact) mass is 277 g/mol. The van der Waals surface area contributed by atoms with Crippen LogP contribution in [-0.2, 0) is 17.7 Å². The SMILES string of the molecule is CC(C)NCc1ccnc(CC(C)NCC2COC2)c1. The summed E-state index contributed by atoms with van der Waals surface area (Å²) in [5, 5.41) is 7.01. The molecule has 1 atom stereocenters. The lowest BCUT2D eigenvalue weighted by Gasteiger charge is -2.27. The summed E-state index contributed by atoms with van der Waals surface area (Å²) in [5.74, 6) is 0.701. The van der Waals surface area contributed by atoms with Gasteiger partial charge >= 0.3 is 0 Å². The largest absolute Gasteiger partial charge is 0.381 e. The third kappa shape index (κ3) is 5.19. The molecule has 0 spiro atoms. The van der Waals surface area contributed by atoms with Crippen molar-refractivity contribution in [2.45, 2.75) is 45.8 Å². The molecule has 4 nitrogen and oxygen atoms in total. The minimum atomic E-state index is 0.455. The summed E-state index contributed by atoms with van der Waals surface area (Å²) in [5.41, 5.74) is 2.47. The molecule has 0 aromatic carbocycles. The average molecular weight is 277 g/mol. The van der Waals surface area contributed by atoms with Crippen LogP contribution in [0.3, 0.4) is 0 Å². The Morgan fingerprint density at radius 1 is 1.30 bits per heavy atom. The first-order chi connectivity index (χ1) is 9.63. The molecule has 1 fully saturated rings. The molecule has 1 aromatic rings. The van der Waals surface area contributed by atoms with E-state index in [-0.39, 0.29) is 0 Å². The molecule has 1 saturated heterocycles. The van der Waals surface area contributed by atoms with Crippen molar-refractivity contribution in [1.29, 1.82) is 0 Å². The van der Waals surface area contributed by atoms with Crippen LogP contribution in [0.2, 0.25) is 0 Å². The van der Waals surface area contributed by atoms with Crippen LogP contribution in [0.5, 0.6) is 0 Å². The highest BCUT2D eigenvalue weighted by Gasteiger charge is 2.18. The molecule has 2 heterocycles. The molecular weight excluding hydrogens is 250 g/mol. The van der Waals surface area contributed by atoms with Crippen molar-refractivity contribution in [2.75, 3.05) is 19.8 Å². The molecule has 2 N–H and O–H groups in total. The Morgan fingerprint density at radius 3 is 2.75 bits per heavy atom. The van der Waals surface area contributed by atoms with Crippen LogP contribution >= 0.6 is 0 Å². The molecule has 0 radical (unpaired) electrons.